The summed E-state index contributed by atoms with van der Waals surface area (Å²) in [4.78, 5) is 2.44. The van der Waals surface area contributed by atoms with E-state index in [1.165, 1.54) is 25.9 Å². The van der Waals surface area contributed by atoms with E-state index in [0.717, 1.165) is 5.92 Å². The van der Waals surface area contributed by atoms with Crippen LogP contribution in [0.2, 0.25) is 0 Å². The summed E-state index contributed by atoms with van der Waals surface area (Å²) in [7, 11) is 2.23. The lowest BCUT2D eigenvalue weighted by molar-refractivity contribution is 0.167. The predicted octanol–water partition coefficient (Wildman–Crippen LogP) is 2.74. The molecule has 0 radical (unpaired) electrons. The van der Waals surface area contributed by atoms with E-state index in [2.05, 4.69) is 51.9 Å². The van der Waals surface area contributed by atoms with Crippen molar-refractivity contribution in [1.29, 1.82) is 0 Å². The van der Waals surface area contributed by atoms with E-state index in [0.29, 0.717) is 17.5 Å². The number of hydrogen-bond acceptors (Lipinski definition) is 2. The molecule has 2 atom stereocenters. The molecule has 2 unspecified atom stereocenters. The molecule has 0 aromatic rings. The summed E-state index contributed by atoms with van der Waals surface area (Å²) in [6, 6.07) is 1.24. The van der Waals surface area contributed by atoms with E-state index in [-0.39, 0.29) is 0 Å². The van der Waals surface area contributed by atoms with Gasteiger partial charge in [-0.25, -0.2) is 0 Å². The summed E-state index contributed by atoms with van der Waals surface area (Å²) in [6.45, 7) is 14.1. The van der Waals surface area contributed by atoms with Crippen LogP contribution in [0.15, 0.2) is 0 Å². The first-order valence-corrected chi connectivity index (χ1v) is 6.75. The van der Waals surface area contributed by atoms with Gasteiger partial charge in [-0.1, -0.05) is 20.8 Å². The summed E-state index contributed by atoms with van der Waals surface area (Å²) >= 11 is 0. The summed E-state index contributed by atoms with van der Waals surface area (Å²) in [6.07, 6.45) is 2.70. The molecule has 1 rings (SSSR count). The van der Waals surface area contributed by atoms with Crippen molar-refractivity contribution in [3.05, 3.63) is 0 Å². The lowest BCUT2D eigenvalue weighted by atomic mass is 9.85. The van der Waals surface area contributed by atoms with Crippen molar-refractivity contribution in [2.45, 2.75) is 59.5 Å². The van der Waals surface area contributed by atoms with Gasteiger partial charge in [-0.3, -0.25) is 0 Å². The fourth-order valence-electron chi connectivity index (χ4n) is 2.31. The number of nitrogens with one attached hydrogen (secondary N) is 1. The molecule has 1 heterocycles. The minimum atomic E-state index is 0.361. The number of nitrogens with zero attached hydrogens (tertiary/aromatic N) is 1. The molecule has 0 spiro atoms. The Bertz CT molecular complexity index is 199. The quantitative estimate of drug-likeness (QED) is 0.796. The summed E-state index contributed by atoms with van der Waals surface area (Å²) in [5.74, 6) is 0.862. The molecule has 1 saturated heterocycles. The van der Waals surface area contributed by atoms with Crippen LogP contribution in [0.5, 0.6) is 0 Å². The molecule has 1 aliphatic heterocycles. The minimum Gasteiger partial charge on any atom is -0.311 e. The molecule has 1 N–H and O–H groups in total. The highest BCUT2D eigenvalue weighted by atomic mass is 15.1. The van der Waals surface area contributed by atoms with Crippen molar-refractivity contribution >= 4 is 0 Å². The van der Waals surface area contributed by atoms with Crippen molar-refractivity contribution in [1.82, 2.24) is 10.2 Å². The Labute approximate surface area is 102 Å². The first kappa shape index (κ1) is 14.0. The van der Waals surface area contributed by atoms with Crippen LogP contribution in [0, 0.1) is 11.3 Å². The minimum absolute atomic E-state index is 0.361. The van der Waals surface area contributed by atoms with Gasteiger partial charge >= 0.3 is 0 Å². The van der Waals surface area contributed by atoms with E-state index >= 15 is 0 Å². The van der Waals surface area contributed by atoms with Gasteiger partial charge in [-0.2, -0.15) is 0 Å². The van der Waals surface area contributed by atoms with Gasteiger partial charge in [0.15, 0.2) is 0 Å². The average molecular weight is 226 g/mol. The van der Waals surface area contributed by atoms with Crippen LogP contribution in [-0.4, -0.2) is 37.1 Å². The third kappa shape index (κ3) is 4.06. The van der Waals surface area contributed by atoms with Crippen molar-refractivity contribution in [3.63, 3.8) is 0 Å². The summed E-state index contributed by atoms with van der Waals surface area (Å²) < 4.78 is 0. The SMILES string of the molecule is CC(NC(C)C(C)(C)C)C1CCN(C)CC1. The van der Waals surface area contributed by atoms with Gasteiger partial charge in [0.05, 0.1) is 0 Å². The largest absolute Gasteiger partial charge is 0.311 e. The number of likely N-dealkylation sites (tertiary alicyclic amines) is 1. The fraction of sp³-hybridized carbons (Fsp3) is 1.00. The molecule has 0 aromatic carbocycles. The van der Waals surface area contributed by atoms with Crippen LogP contribution in [0.4, 0.5) is 0 Å². The molecule has 1 aliphatic rings. The zero-order chi connectivity index (χ0) is 12.3. The van der Waals surface area contributed by atoms with Gasteiger partial charge in [0, 0.05) is 12.1 Å². The average Bonchev–Trinajstić information content (AvgIpc) is 2.17. The van der Waals surface area contributed by atoms with E-state index in [4.69, 9.17) is 0 Å². The second-order valence-corrected chi connectivity index (χ2v) is 6.68. The molecule has 0 aromatic heterocycles. The number of rotatable bonds is 3. The monoisotopic (exact) mass is 226 g/mol. The van der Waals surface area contributed by atoms with Crippen molar-refractivity contribution < 1.29 is 0 Å². The zero-order valence-electron chi connectivity index (χ0n) is 12.0. The maximum absolute atomic E-state index is 3.79. The molecular weight excluding hydrogens is 196 g/mol. The van der Waals surface area contributed by atoms with Crippen LogP contribution in [0.3, 0.4) is 0 Å². The maximum Gasteiger partial charge on any atom is 0.00898 e. The van der Waals surface area contributed by atoms with E-state index in [9.17, 15) is 0 Å². The molecule has 0 saturated carbocycles. The lowest BCUT2D eigenvalue weighted by Crippen LogP contribution is -2.47. The topological polar surface area (TPSA) is 15.3 Å². The fourth-order valence-corrected chi connectivity index (χ4v) is 2.31. The van der Waals surface area contributed by atoms with Crippen molar-refractivity contribution in [2.75, 3.05) is 20.1 Å². The van der Waals surface area contributed by atoms with Gasteiger partial charge in [0.25, 0.3) is 0 Å². The first-order chi connectivity index (χ1) is 7.30. The van der Waals surface area contributed by atoms with Crippen LogP contribution >= 0.6 is 0 Å². The Morgan fingerprint density at radius 2 is 1.62 bits per heavy atom. The molecular formula is C14H30N2. The standard InChI is InChI=1S/C14H30N2/c1-11(15-12(2)14(3,4)5)13-7-9-16(6)10-8-13/h11-13,15H,7-10H2,1-6H3. The molecule has 96 valence electrons. The lowest BCUT2D eigenvalue weighted by Gasteiger charge is -2.37. The Morgan fingerprint density at radius 1 is 1.12 bits per heavy atom. The van der Waals surface area contributed by atoms with E-state index < -0.39 is 0 Å². The Morgan fingerprint density at radius 3 is 2.06 bits per heavy atom. The van der Waals surface area contributed by atoms with Crippen LogP contribution in [-0.2, 0) is 0 Å². The Balaban J connectivity index is 2.37. The van der Waals surface area contributed by atoms with E-state index in [1.54, 1.807) is 0 Å². The van der Waals surface area contributed by atoms with Gasteiger partial charge < -0.3 is 10.2 Å². The number of hydrogen-bond donors (Lipinski definition) is 1. The highest BCUT2D eigenvalue weighted by Gasteiger charge is 2.26. The molecule has 2 nitrogen and oxygen atoms in total. The summed E-state index contributed by atoms with van der Waals surface area (Å²) in [5.41, 5.74) is 0.361. The van der Waals surface area contributed by atoms with Gasteiger partial charge in [-0.15, -0.1) is 0 Å². The second kappa shape index (κ2) is 5.50. The van der Waals surface area contributed by atoms with Crippen LogP contribution in [0.1, 0.15) is 47.5 Å². The maximum atomic E-state index is 3.79. The normalized spacial score (nSPS) is 24.4. The molecule has 0 aliphatic carbocycles. The van der Waals surface area contributed by atoms with Gasteiger partial charge in [0.1, 0.15) is 0 Å². The second-order valence-electron chi connectivity index (χ2n) is 6.68. The molecule has 1 fully saturated rings. The molecule has 0 bridgehead atoms. The van der Waals surface area contributed by atoms with Crippen molar-refractivity contribution in [3.8, 4) is 0 Å². The van der Waals surface area contributed by atoms with Crippen molar-refractivity contribution in [2.24, 2.45) is 11.3 Å². The third-order valence-corrected chi connectivity index (χ3v) is 4.28. The third-order valence-electron chi connectivity index (χ3n) is 4.28. The smallest absolute Gasteiger partial charge is 0.00898 e. The zero-order valence-corrected chi connectivity index (χ0v) is 12.0. The first-order valence-electron chi connectivity index (χ1n) is 6.75. The summed E-state index contributed by atoms with van der Waals surface area (Å²) in [5, 5.41) is 3.79. The molecule has 2 heteroatoms. The number of piperidine rings is 1. The van der Waals surface area contributed by atoms with Crippen LogP contribution < -0.4 is 5.32 Å². The Kier molecular flexibility index (Phi) is 4.81. The highest BCUT2D eigenvalue weighted by Crippen LogP contribution is 2.23. The highest BCUT2D eigenvalue weighted by molar-refractivity contribution is 4.84. The Hall–Kier alpha value is -0.0800. The molecule has 0 amide bonds. The van der Waals surface area contributed by atoms with Gasteiger partial charge in [0.2, 0.25) is 0 Å². The predicted molar refractivity (Wildman–Crippen MR) is 71.7 cm³/mol. The van der Waals surface area contributed by atoms with E-state index in [1.807, 2.05) is 0 Å². The molecule has 16 heavy (non-hydrogen) atoms. The van der Waals surface area contributed by atoms with Crippen LogP contribution in [0.25, 0.3) is 0 Å². The van der Waals surface area contributed by atoms with Gasteiger partial charge in [-0.05, 0) is 58.2 Å².